The predicted molar refractivity (Wildman–Crippen MR) is 128 cm³/mol. The van der Waals surface area contributed by atoms with Gasteiger partial charge < -0.3 is 16.0 Å². The molecule has 1 fully saturated rings. The summed E-state index contributed by atoms with van der Waals surface area (Å²) in [4.78, 5) is 21.5. The van der Waals surface area contributed by atoms with E-state index in [0.717, 1.165) is 51.9 Å². The largest absolute Gasteiger partial charge is 0.373 e. The number of hydrogen-bond acceptors (Lipinski definition) is 4. The fourth-order valence-electron chi connectivity index (χ4n) is 4.43. The third kappa shape index (κ3) is 4.82. The number of carbonyl (C=O) groups excluding carboxylic acids is 1. The van der Waals surface area contributed by atoms with Crippen molar-refractivity contribution in [2.45, 2.75) is 46.0 Å². The van der Waals surface area contributed by atoms with Crippen molar-refractivity contribution in [1.29, 1.82) is 0 Å². The number of aryl methyl sites for hydroxylation is 2. The first kappa shape index (κ1) is 22.0. The lowest BCUT2D eigenvalue weighted by molar-refractivity contribution is 0.247. The molecule has 7 heteroatoms. The van der Waals surface area contributed by atoms with E-state index in [2.05, 4.69) is 20.9 Å². The predicted octanol–water partition coefficient (Wildman–Crippen LogP) is 5.80. The molecular weight excluding hydrogens is 405 g/mol. The molecule has 0 spiro atoms. The molecule has 1 aromatic carbocycles. The van der Waals surface area contributed by atoms with Crippen LogP contribution in [0.25, 0.3) is 22.0 Å². The van der Waals surface area contributed by atoms with Gasteiger partial charge in [0.1, 0.15) is 11.6 Å². The SMILES string of the molecule is CNc1cc2nc(C)c(-c3cc(NC(=O)NCC4CCCCC4)c(F)cc3C)cc2cn1. The van der Waals surface area contributed by atoms with Gasteiger partial charge >= 0.3 is 6.03 Å². The molecule has 0 aliphatic heterocycles. The number of halogens is 1. The normalized spacial score (nSPS) is 14.4. The van der Waals surface area contributed by atoms with Gasteiger partial charge in [0.2, 0.25) is 0 Å². The van der Waals surface area contributed by atoms with Crippen molar-refractivity contribution >= 4 is 28.4 Å². The third-order valence-corrected chi connectivity index (χ3v) is 6.27. The molecule has 1 saturated carbocycles. The highest BCUT2D eigenvalue weighted by Gasteiger charge is 2.17. The summed E-state index contributed by atoms with van der Waals surface area (Å²) in [6.45, 7) is 4.42. The zero-order chi connectivity index (χ0) is 22.7. The molecule has 4 rings (SSSR count). The monoisotopic (exact) mass is 435 g/mol. The number of pyridine rings is 2. The number of nitrogens with one attached hydrogen (secondary N) is 3. The Kier molecular flexibility index (Phi) is 6.53. The van der Waals surface area contributed by atoms with E-state index in [1.807, 2.05) is 33.0 Å². The number of urea groups is 1. The molecule has 3 N–H and O–H groups in total. The third-order valence-electron chi connectivity index (χ3n) is 6.27. The van der Waals surface area contributed by atoms with Crippen LogP contribution >= 0.6 is 0 Å². The fourth-order valence-corrected chi connectivity index (χ4v) is 4.43. The number of nitrogens with zero attached hydrogens (tertiary/aromatic N) is 2. The Morgan fingerprint density at radius 1 is 1.09 bits per heavy atom. The van der Waals surface area contributed by atoms with Gasteiger partial charge in [0.05, 0.1) is 11.2 Å². The number of rotatable bonds is 5. The lowest BCUT2D eigenvalue weighted by atomic mass is 9.89. The van der Waals surface area contributed by atoms with E-state index in [1.54, 1.807) is 12.3 Å². The molecule has 1 aliphatic carbocycles. The van der Waals surface area contributed by atoms with Crippen molar-refractivity contribution in [3.05, 3.63) is 47.5 Å². The summed E-state index contributed by atoms with van der Waals surface area (Å²) < 4.78 is 14.7. The van der Waals surface area contributed by atoms with Crippen molar-refractivity contribution < 1.29 is 9.18 Å². The zero-order valence-corrected chi connectivity index (χ0v) is 18.9. The van der Waals surface area contributed by atoms with Gasteiger partial charge in [0, 0.05) is 42.5 Å². The minimum Gasteiger partial charge on any atom is -0.373 e. The van der Waals surface area contributed by atoms with Crippen LogP contribution in [0, 0.1) is 25.6 Å². The van der Waals surface area contributed by atoms with E-state index in [-0.39, 0.29) is 11.7 Å². The maximum absolute atomic E-state index is 14.7. The highest BCUT2D eigenvalue weighted by Crippen LogP contribution is 2.32. The maximum atomic E-state index is 14.7. The van der Waals surface area contributed by atoms with Gasteiger partial charge in [-0.3, -0.25) is 4.98 Å². The highest BCUT2D eigenvalue weighted by atomic mass is 19.1. The Morgan fingerprint density at radius 3 is 2.62 bits per heavy atom. The summed E-state index contributed by atoms with van der Waals surface area (Å²) in [6.07, 6.45) is 7.76. The molecule has 0 atom stereocenters. The molecule has 0 radical (unpaired) electrons. The average molecular weight is 436 g/mol. The zero-order valence-electron chi connectivity index (χ0n) is 18.9. The van der Waals surface area contributed by atoms with Crippen molar-refractivity contribution in [1.82, 2.24) is 15.3 Å². The highest BCUT2D eigenvalue weighted by molar-refractivity contribution is 5.92. The first-order chi connectivity index (χ1) is 15.4. The molecule has 0 bridgehead atoms. The molecule has 2 aromatic heterocycles. The van der Waals surface area contributed by atoms with E-state index in [4.69, 9.17) is 4.98 Å². The summed E-state index contributed by atoms with van der Waals surface area (Å²) in [5.41, 5.74) is 4.33. The molecule has 32 heavy (non-hydrogen) atoms. The molecule has 2 heterocycles. The molecule has 3 aromatic rings. The second-order valence-electron chi connectivity index (χ2n) is 8.62. The summed E-state index contributed by atoms with van der Waals surface area (Å²) >= 11 is 0. The van der Waals surface area contributed by atoms with Crippen molar-refractivity contribution in [3.63, 3.8) is 0 Å². The Balaban J connectivity index is 1.58. The minimum absolute atomic E-state index is 0.162. The van der Waals surface area contributed by atoms with E-state index in [1.165, 1.54) is 25.3 Å². The van der Waals surface area contributed by atoms with Crippen LogP contribution in [0.4, 0.5) is 20.7 Å². The summed E-state index contributed by atoms with van der Waals surface area (Å²) in [7, 11) is 1.82. The van der Waals surface area contributed by atoms with Crippen LogP contribution in [-0.4, -0.2) is 29.6 Å². The number of benzene rings is 1. The van der Waals surface area contributed by atoms with Crippen LogP contribution in [0.1, 0.15) is 43.4 Å². The summed E-state index contributed by atoms with van der Waals surface area (Å²) in [6, 6.07) is 6.68. The summed E-state index contributed by atoms with van der Waals surface area (Å²) in [5, 5.41) is 9.51. The van der Waals surface area contributed by atoms with Crippen LogP contribution in [0.15, 0.2) is 30.5 Å². The van der Waals surface area contributed by atoms with Crippen molar-refractivity contribution in [2.75, 3.05) is 24.2 Å². The van der Waals surface area contributed by atoms with Crippen molar-refractivity contribution in [3.8, 4) is 11.1 Å². The molecule has 168 valence electrons. The van der Waals surface area contributed by atoms with Crippen LogP contribution in [-0.2, 0) is 0 Å². The Morgan fingerprint density at radius 2 is 1.88 bits per heavy atom. The van der Waals surface area contributed by atoms with Crippen LogP contribution in [0.3, 0.4) is 0 Å². The van der Waals surface area contributed by atoms with Gasteiger partial charge in [0.15, 0.2) is 0 Å². The van der Waals surface area contributed by atoms with Crippen LogP contribution in [0.5, 0.6) is 0 Å². The number of fused-ring (bicyclic) bond motifs is 1. The average Bonchev–Trinajstić information content (AvgIpc) is 2.79. The molecule has 6 nitrogen and oxygen atoms in total. The van der Waals surface area contributed by atoms with Gasteiger partial charge in [-0.1, -0.05) is 19.3 Å². The molecule has 1 aliphatic rings. The minimum atomic E-state index is -0.453. The number of aromatic nitrogens is 2. The van der Waals surface area contributed by atoms with Gasteiger partial charge in [-0.15, -0.1) is 0 Å². The second-order valence-corrected chi connectivity index (χ2v) is 8.62. The van der Waals surface area contributed by atoms with Crippen LogP contribution in [0.2, 0.25) is 0 Å². The van der Waals surface area contributed by atoms with E-state index >= 15 is 0 Å². The quantitative estimate of drug-likeness (QED) is 0.473. The van der Waals surface area contributed by atoms with E-state index in [0.29, 0.717) is 12.5 Å². The van der Waals surface area contributed by atoms with Gasteiger partial charge in [-0.05, 0) is 61.9 Å². The number of carbonyl (C=O) groups is 1. The number of anilines is 2. The fraction of sp³-hybridized carbons (Fsp3) is 0.400. The lowest BCUT2D eigenvalue weighted by Crippen LogP contribution is -2.34. The molecule has 0 saturated heterocycles. The van der Waals surface area contributed by atoms with Gasteiger partial charge in [-0.25, -0.2) is 14.2 Å². The molecule has 0 unspecified atom stereocenters. The Bertz CT molecular complexity index is 1140. The number of amides is 2. The first-order valence-corrected chi connectivity index (χ1v) is 11.2. The van der Waals surface area contributed by atoms with Gasteiger partial charge in [0.25, 0.3) is 0 Å². The van der Waals surface area contributed by atoms with Gasteiger partial charge in [-0.2, -0.15) is 0 Å². The number of hydrogen-bond donors (Lipinski definition) is 3. The Labute approximate surface area is 188 Å². The Hall–Kier alpha value is -3.22. The summed E-state index contributed by atoms with van der Waals surface area (Å²) in [5.74, 6) is 0.808. The topological polar surface area (TPSA) is 78.9 Å². The van der Waals surface area contributed by atoms with E-state index in [9.17, 15) is 9.18 Å². The van der Waals surface area contributed by atoms with Crippen LogP contribution < -0.4 is 16.0 Å². The second kappa shape index (κ2) is 9.51. The first-order valence-electron chi connectivity index (χ1n) is 11.2. The molecule has 2 amide bonds. The standard InChI is InChI=1S/C25H30FN5O/c1-15-9-21(26)23(31-25(32)29-13-17-7-5-4-6-8-17)11-19(15)20-10-18-14-28-24(27-3)12-22(18)30-16(20)2/h9-12,14,17H,4-8,13H2,1-3H3,(H,27,28)(H2,29,31,32). The smallest absolute Gasteiger partial charge is 0.319 e. The molecular formula is C25H30FN5O. The maximum Gasteiger partial charge on any atom is 0.319 e. The van der Waals surface area contributed by atoms with E-state index < -0.39 is 5.82 Å². The van der Waals surface area contributed by atoms with Crippen molar-refractivity contribution in [2.24, 2.45) is 5.92 Å². The lowest BCUT2D eigenvalue weighted by Gasteiger charge is -2.22.